The number of anilines is 3. The van der Waals surface area contributed by atoms with Crippen molar-refractivity contribution in [3.63, 3.8) is 0 Å². The second kappa shape index (κ2) is 10.8. The Morgan fingerprint density at radius 1 is 0.375 bits per heavy atom. The molecule has 0 bridgehead atoms. The van der Waals surface area contributed by atoms with E-state index in [1.54, 1.807) is 0 Å². The number of hydrogen-bond acceptors (Lipinski definition) is 2. The van der Waals surface area contributed by atoms with Gasteiger partial charge in [-0.05, 0) is 85.1 Å². The van der Waals surface area contributed by atoms with Gasteiger partial charge in [0.05, 0.1) is 5.69 Å². The monoisotopic (exact) mass is 627 g/mol. The first-order valence-corrected chi connectivity index (χ1v) is 17.2. The van der Waals surface area contributed by atoms with Gasteiger partial charge >= 0.3 is 0 Å². The third-order valence-corrected chi connectivity index (χ3v) is 11.0. The summed E-state index contributed by atoms with van der Waals surface area (Å²) in [6, 6.07) is 64.5. The molecule has 2 heteroatoms. The van der Waals surface area contributed by atoms with Gasteiger partial charge in [-0.1, -0.05) is 140 Å². The molecular formula is C46H29NS. The van der Waals surface area contributed by atoms with Crippen molar-refractivity contribution in [3.05, 3.63) is 176 Å². The molecule has 0 aliphatic carbocycles. The first kappa shape index (κ1) is 27.2. The fourth-order valence-corrected chi connectivity index (χ4v) is 8.77. The summed E-state index contributed by atoms with van der Waals surface area (Å²) in [7, 11) is 0. The molecule has 0 N–H and O–H groups in total. The number of thiophene rings is 1. The van der Waals surface area contributed by atoms with Gasteiger partial charge in [0, 0.05) is 37.1 Å². The second-order valence-corrected chi connectivity index (χ2v) is 13.6. The van der Waals surface area contributed by atoms with E-state index >= 15 is 0 Å². The molecule has 0 saturated carbocycles. The number of benzene rings is 9. The number of hydrogen-bond donors (Lipinski definition) is 0. The van der Waals surface area contributed by atoms with Crippen molar-refractivity contribution in [3.8, 4) is 11.1 Å². The van der Waals surface area contributed by atoms with Crippen LogP contribution in [0.3, 0.4) is 0 Å². The zero-order valence-electron chi connectivity index (χ0n) is 26.1. The van der Waals surface area contributed by atoms with Gasteiger partial charge in [-0.15, -0.1) is 11.3 Å². The fraction of sp³-hybridized carbons (Fsp3) is 0. The third kappa shape index (κ3) is 4.24. The Hall–Kier alpha value is -5.96. The molecule has 9 aromatic carbocycles. The van der Waals surface area contributed by atoms with Crippen molar-refractivity contribution >= 4 is 91.7 Å². The number of rotatable bonds is 4. The van der Waals surface area contributed by atoms with Gasteiger partial charge < -0.3 is 4.90 Å². The SMILES string of the molecule is c1ccc(-c2ccccc2N(c2ccc3c(ccc4ccc5ccccc5c43)c2)c2ccc3sc4c5ccccc5ccc4c3c2)cc1. The Kier molecular flexibility index (Phi) is 6.12. The lowest BCUT2D eigenvalue weighted by molar-refractivity contribution is 1.30. The first-order chi connectivity index (χ1) is 23.8. The number of para-hydroxylation sites is 1. The van der Waals surface area contributed by atoms with Crippen LogP contribution in [0.5, 0.6) is 0 Å². The van der Waals surface area contributed by atoms with E-state index in [4.69, 9.17) is 0 Å². The fourth-order valence-electron chi connectivity index (χ4n) is 7.55. The maximum atomic E-state index is 2.44. The van der Waals surface area contributed by atoms with Crippen LogP contribution in [0.2, 0.25) is 0 Å². The molecule has 0 spiro atoms. The van der Waals surface area contributed by atoms with E-state index in [1.165, 1.54) is 74.4 Å². The molecule has 10 rings (SSSR count). The zero-order valence-corrected chi connectivity index (χ0v) is 26.9. The summed E-state index contributed by atoms with van der Waals surface area (Å²) in [6.45, 7) is 0. The molecule has 0 radical (unpaired) electrons. The molecule has 0 fully saturated rings. The lowest BCUT2D eigenvalue weighted by Crippen LogP contribution is -2.11. The maximum Gasteiger partial charge on any atom is 0.0540 e. The van der Waals surface area contributed by atoms with Gasteiger partial charge in [-0.3, -0.25) is 0 Å². The van der Waals surface area contributed by atoms with E-state index in [0.717, 1.165) is 17.1 Å². The summed E-state index contributed by atoms with van der Waals surface area (Å²) in [6.07, 6.45) is 0. The second-order valence-electron chi connectivity index (χ2n) is 12.5. The maximum absolute atomic E-state index is 2.44. The molecular weight excluding hydrogens is 599 g/mol. The summed E-state index contributed by atoms with van der Waals surface area (Å²) in [5, 5.41) is 12.8. The van der Waals surface area contributed by atoms with E-state index in [1.807, 2.05) is 11.3 Å². The lowest BCUT2D eigenvalue weighted by Gasteiger charge is -2.28. The average Bonchev–Trinajstić information content (AvgIpc) is 3.54. The quantitative estimate of drug-likeness (QED) is 0.176. The van der Waals surface area contributed by atoms with Crippen molar-refractivity contribution in [2.24, 2.45) is 0 Å². The van der Waals surface area contributed by atoms with Crippen molar-refractivity contribution in [1.29, 1.82) is 0 Å². The summed E-state index contributed by atoms with van der Waals surface area (Å²) >= 11 is 1.89. The highest BCUT2D eigenvalue weighted by Gasteiger charge is 2.19. The smallest absolute Gasteiger partial charge is 0.0540 e. The van der Waals surface area contributed by atoms with Gasteiger partial charge in [-0.2, -0.15) is 0 Å². The van der Waals surface area contributed by atoms with Crippen LogP contribution in [0.4, 0.5) is 17.1 Å². The summed E-state index contributed by atoms with van der Waals surface area (Å²) in [5.41, 5.74) is 5.83. The minimum atomic E-state index is 1.13. The van der Waals surface area contributed by atoms with Crippen molar-refractivity contribution < 1.29 is 0 Å². The van der Waals surface area contributed by atoms with Crippen LogP contribution in [0.15, 0.2) is 176 Å². The Morgan fingerprint density at radius 3 is 1.85 bits per heavy atom. The molecule has 0 aliphatic heterocycles. The molecule has 0 amide bonds. The van der Waals surface area contributed by atoms with E-state index in [2.05, 4.69) is 181 Å². The standard InChI is InChI=1S/C46H29NS/c1-2-10-30(11-3-1)37-14-8-9-17-43(37)47(36-24-27-44-42(29-36)41-25-22-32-13-5-7-16-40(32)46(41)48-44)35-23-26-39-34(28-35)21-20-33-19-18-31-12-4-6-15-38(31)45(33)39/h1-29H. The Balaban J connectivity index is 1.23. The summed E-state index contributed by atoms with van der Waals surface area (Å²) in [5.74, 6) is 0. The normalized spacial score (nSPS) is 11.8. The molecule has 0 atom stereocenters. The highest BCUT2D eigenvalue weighted by Crippen LogP contribution is 2.46. The third-order valence-electron chi connectivity index (χ3n) is 9.80. The minimum absolute atomic E-state index is 1.13. The van der Waals surface area contributed by atoms with Gasteiger partial charge in [0.25, 0.3) is 0 Å². The topological polar surface area (TPSA) is 3.24 Å². The summed E-state index contributed by atoms with van der Waals surface area (Å²) < 4.78 is 2.65. The molecule has 48 heavy (non-hydrogen) atoms. The van der Waals surface area contributed by atoms with E-state index in [-0.39, 0.29) is 0 Å². The predicted octanol–water partition coefficient (Wildman–Crippen LogP) is 13.8. The van der Waals surface area contributed by atoms with Crippen LogP contribution in [0.1, 0.15) is 0 Å². The molecule has 224 valence electrons. The van der Waals surface area contributed by atoms with Crippen LogP contribution in [-0.4, -0.2) is 0 Å². The Labute approximate surface area is 282 Å². The van der Waals surface area contributed by atoms with Gasteiger partial charge in [0.15, 0.2) is 0 Å². The van der Waals surface area contributed by atoms with E-state index in [9.17, 15) is 0 Å². The summed E-state index contributed by atoms with van der Waals surface area (Å²) in [4.78, 5) is 2.44. The van der Waals surface area contributed by atoms with E-state index < -0.39 is 0 Å². The highest BCUT2D eigenvalue weighted by molar-refractivity contribution is 7.26. The number of fused-ring (bicyclic) bond motifs is 10. The average molecular weight is 628 g/mol. The Bertz CT molecular complexity index is 2850. The molecule has 0 unspecified atom stereocenters. The number of nitrogens with zero attached hydrogens (tertiary/aromatic N) is 1. The molecule has 1 nitrogen and oxygen atoms in total. The molecule has 0 saturated heterocycles. The van der Waals surface area contributed by atoms with Crippen molar-refractivity contribution in [2.75, 3.05) is 4.90 Å². The van der Waals surface area contributed by atoms with Gasteiger partial charge in [0.2, 0.25) is 0 Å². The highest BCUT2D eigenvalue weighted by atomic mass is 32.1. The van der Waals surface area contributed by atoms with E-state index in [0.29, 0.717) is 0 Å². The van der Waals surface area contributed by atoms with Gasteiger partial charge in [-0.25, -0.2) is 0 Å². The van der Waals surface area contributed by atoms with Crippen LogP contribution >= 0.6 is 11.3 Å². The van der Waals surface area contributed by atoms with Crippen molar-refractivity contribution in [1.82, 2.24) is 0 Å². The lowest BCUT2D eigenvalue weighted by atomic mass is 9.96. The predicted molar refractivity (Wildman–Crippen MR) is 209 cm³/mol. The first-order valence-electron chi connectivity index (χ1n) is 16.4. The van der Waals surface area contributed by atoms with Crippen LogP contribution in [0, 0.1) is 0 Å². The Morgan fingerprint density at radius 2 is 0.979 bits per heavy atom. The largest absolute Gasteiger partial charge is 0.310 e. The zero-order chi connectivity index (χ0) is 31.6. The van der Waals surface area contributed by atoms with Gasteiger partial charge in [0.1, 0.15) is 0 Å². The van der Waals surface area contributed by atoms with Crippen molar-refractivity contribution in [2.45, 2.75) is 0 Å². The van der Waals surface area contributed by atoms with Crippen LogP contribution in [-0.2, 0) is 0 Å². The van der Waals surface area contributed by atoms with Crippen LogP contribution in [0.25, 0.3) is 74.4 Å². The molecule has 1 aromatic heterocycles. The van der Waals surface area contributed by atoms with Crippen LogP contribution < -0.4 is 4.90 Å². The molecule has 1 heterocycles. The molecule has 10 aromatic rings. The minimum Gasteiger partial charge on any atom is -0.310 e. The molecule has 0 aliphatic rings.